The van der Waals surface area contributed by atoms with Crippen molar-refractivity contribution in [1.82, 2.24) is 4.90 Å². The van der Waals surface area contributed by atoms with Crippen LogP contribution in [0, 0.1) is 0 Å². The zero-order chi connectivity index (χ0) is 23.9. The Morgan fingerprint density at radius 1 is 0.912 bits per heavy atom. The summed E-state index contributed by atoms with van der Waals surface area (Å²) < 4.78 is 16.1. The van der Waals surface area contributed by atoms with Gasteiger partial charge in [-0.3, -0.25) is 14.5 Å². The molecule has 0 aromatic heterocycles. The van der Waals surface area contributed by atoms with E-state index in [9.17, 15) is 14.4 Å². The van der Waals surface area contributed by atoms with Gasteiger partial charge in [0.25, 0.3) is 11.1 Å². The van der Waals surface area contributed by atoms with Gasteiger partial charge in [0.1, 0.15) is 23.9 Å². The molecule has 1 aliphatic rings. The number of methoxy groups -OCH3 is 1. The van der Waals surface area contributed by atoms with Gasteiger partial charge < -0.3 is 14.2 Å². The lowest BCUT2D eigenvalue weighted by Gasteiger charge is -2.13. The number of esters is 1. The maximum atomic E-state index is 12.7. The van der Waals surface area contributed by atoms with E-state index in [1.54, 1.807) is 61.7 Å². The molecule has 3 aromatic carbocycles. The average molecular weight is 476 g/mol. The summed E-state index contributed by atoms with van der Waals surface area (Å²) in [6, 6.07) is 22.5. The van der Waals surface area contributed by atoms with E-state index in [4.69, 9.17) is 14.2 Å². The van der Waals surface area contributed by atoms with Crippen LogP contribution in [0.2, 0.25) is 0 Å². The first kappa shape index (κ1) is 23.1. The van der Waals surface area contributed by atoms with Gasteiger partial charge in [0.05, 0.1) is 24.1 Å². The number of carbonyl (C=O) groups is 3. The highest BCUT2D eigenvalue weighted by Gasteiger charge is 2.34. The number of rotatable bonds is 8. The number of hydrogen-bond acceptors (Lipinski definition) is 7. The minimum Gasteiger partial charge on any atom is -0.497 e. The van der Waals surface area contributed by atoms with E-state index in [2.05, 4.69) is 0 Å². The second kappa shape index (κ2) is 10.7. The van der Waals surface area contributed by atoms with Crippen LogP contribution in [0.25, 0.3) is 6.08 Å². The molecule has 7 nitrogen and oxygen atoms in total. The molecule has 2 amide bonds. The van der Waals surface area contributed by atoms with E-state index in [-0.39, 0.29) is 24.3 Å². The minimum absolute atomic E-state index is 0.149. The Morgan fingerprint density at radius 2 is 1.65 bits per heavy atom. The Labute approximate surface area is 200 Å². The number of amides is 2. The zero-order valence-electron chi connectivity index (χ0n) is 18.3. The first-order chi connectivity index (χ1) is 16.5. The van der Waals surface area contributed by atoms with Crippen molar-refractivity contribution in [2.45, 2.75) is 0 Å². The topological polar surface area (TPSA) is 82.1 Å². The number of imide groups is 1. The van der Waals surface area contributed by atoms with Gasteiger partial charge in [-0.2, -0.15) is 0 Å². The summed E-state index contributed by atoms with van der Waals surface area (Å²) in [4.78, 5) is 38.9. The van der Waals surface area contributed by atoms with Crippen LogP contribution in [-0.4, -0.2) is 42.3 Å². The third-order valence-corrected chi connectivity index (χ3v) is 5.80. The fourth-order valence-electron chi connectivity index (χ4n) is 3.18. The van der Waals surface area contributed by atoms with Crippen LogP contribution in [-0.2, 0) is 4.79 Å². The molecule has 8 heteroatoms. The Kier molecular flexibility index (Phi) is 7.29. The molecule has 0 radical (unpaired) electrons. The van der Waals surface area contributed by atoms with Gasteiger partial charge in [-0.1, -0.05) is 30.3 Å². The molecule has 0 bridgehead atoms. The number of carbonyl (C=O) groups excluding carboxylic acids is 3. The molecule has 4 rings (SSSR count). The summed E-state index contributed by atoms with van der Waals surface area (Å²) in [6.07, 6.45) is 1.60. The van der Waals surface area contributed by atoms with Crippen molar-refractivity contribution >= 4 is 35.0 Å². The van der Waals surface area contributed by atoms with E-state index in [0.29, 0.717) is 33.3 Å². The Hall–Kier alpha value is -4.04. The second-order valence-electron chi connectivity index (χ2n) is 7.19. The van der Waals surface area contributed by atoms with Crippen LogP contribution in [0.3, 0.4) is 0 Å². The summed E-state index contributed by atoms with van der Waals surface area (Å²) in [5, 5.41) is -0.352. The molecule has 1 fully saturated rings. The normalized spacial score (nSPS) is 14.4. The SMILES string of the molecule is COc1ccc(C(=O)Oc2cccc(/C=C3\SC(=O)N(CCOc4ccccc4)C3=O)c2)cc1. The lowest BCUT2D eigenvalue weighted by Crippen LogP contribution is -2.32. The van der Waals surface area contributed by atoms with Crippen molar-refractivity contribution in [3.63, 3.8) is 0 Å². The number of thioether (sulfide) groups is 1. The van der Waals surface area contributed by atoms with Crippen LogP contribution in [0.1, 0.15) is 15.9 Å². The van der Waals surface area contributed by atoms with Crippen LogP contribution >= 0.6 is 11.8 Å². The summed E-state index contributed by atoms with van der Waals surface area (Å²) >= 11 is 0.866. The van der Waals surface area contributed by atoms with E-state index in [1.807, 2.05) is 30.3 Å². The van der Waals surface area contributed by atoms with Crippen molar-refractivity contribution in [2.75, 3.05) is 20.3 Å². The third kappa shape index (κ3) is 5.65. The summed E-state index contributed by atoms with van der Waals surface area (Å²) in [6.45, 7) is 0.350. The molecule has 0 unspecified atom stereocenters. The first-order valence-corrected chi connectivity index (χ1v) is 11.2. The molecule has 0 spiro atoms. The second-order valence-corrected chi connectivity index (χ2v) is 8.18. The van der Waals surface area contributed by atoms with Crippen molar-refractivity contribution < 1.29 is 28.6 Å². The fourth-order valence-corrected chi connectivity index (χ4v) is 4.04. The summed E-state index contributed by atoms with van der Waals surface area (Å²) in [7, 11) is 1.55. The molecule has 0 saturated carbocycles. The Bertz CT molecular complexity index is 1220. The fraction of sp³-hybridized carbons (Fsp3) is 0.115. The average Bonchev–Trinajstić information content (AvgIpc) is 3.12. The van der Waals surface area contributed by atoms with E-state index >= 15 is 0 Å². The predicted molar refractivity (Wildman–Crippen MR) is 129 cm³/mol. The van der Waals surface area contributed by atoms with Gasteiger partial charge in [0, 0.05) is 0 Å². The maximum Gasteiger partial charge on any atom is 0.343 e. The monoisotopic (exact) mass is 475 g/mol. The van der Waals surface area contributed by atoms with Gasteiger partial charge in [-0.25, -0.2) is 4.79 Å². The van der Waals surface area contributed by atoms with Crippen molar-refractivity contribution in [3.8, 4) is 17.2 Å². The standard InChI is InChI=1S/C26H21NO6S/c1-31-20-12-10-19(11-13-20)25(29)33-22-9-5-6-18(16-22)17-23-24(28)27(26(30)34-23)14-15-32-21-7-3-2-4-8-21/h2-13,16-17H,14-15H2,1H3/b23-17-. The van der Waals surface area contributed by atoms with Crippen LogP contribution in [0.15, 0.2) is 83.8 Å². The minimum atomic E-state index is -0.515. The lowest BCUT2D eigenvalue weighted by atomic mass is 10.2. The largest absolute Gasteiger partial charge is 0.497 e. The Balaban J connectivity index is 1.39. The van der Waals surface area contributed by atoms with E-state index < -0.39 is 5.97 Å². The van der Waals surface area contributed by atoms with E-state index in [0.717, 1.165) is 16.7 Å². The van der Waals surface area contributed by atoms with Crippen LogP contribution in [0.4, 0.5) is 4.79 Å². The maximum absolute atomic E-state index is 12.7. The molecule has 0 atom stereocenters. The molecule has 1 aliphatic heterocycles. The molecule has 0 N–H and O–H groups in total. The van der Waals surface area contributed by atoms with Gasteiger partial charge in [-0.05, 0) is 71.9 Å². The van der Waals surface area contributed by atoms with Crippen LogP contribution < -0.4 is 14.2 Å². The predicted octanol–water partition coefficient (Wildman–Crippen LogP) is 5.03. The first-order valence-electron chi connectivity index (χ1n) is 10.4. The smallest absolute Gasteiger partial charge is 0.343 e. The van der Waals surface area contributed by atoms with Crippen molar-refractivity contribution in [1.29, 1.82) is 0 Å². The molecule has 0 aliphatic carbocycles. The molecule has 34 heavy (non-hydrogen) atoms. The highest BCUT2D eigenvalue weighted by Crippen LogP contribution is 2.32. The molecule has 1 heterocycles. The summed E-state index contributed by atoms with van der Waals surface area (Å²) in [5.74, 6) is 0.737. The molecular formula is C26H21NO6S. The summed E-state index contributed by atoms with van der Waals surface area (Å²) in [5.41, 5.74) is 1.01. The highest BCUT2D eigenvalue weighted by molar-refractivity contribution is 8.18. The van der Waals surface area contributed by atoms with E-state index in [1.165, 1.54) is 0 Å². The Morgan fingerprint density at radius 3 is 2.38 bits per heavy atom. The number of ether oxygens (including phenoxy) is 3. The van der Waals surface area contributed by atoms with Gasteiger partial charge in [0.2, 0.25) is 0 Å². The molecule has 172 valence electrons. The molecule has 1 saturated heterocycles. The number of hydrogen-bond donors (Lipinski definition) is 0. The van der Waals surface area contributed by atoms with Crippen LogP contribution in [0.5, 0.6) is 17.2 Å². The number of para-hydroxylation sites is 1. The molecular weight excluding hydrogens is 454 g/mol. The lowest BCUT2D eigenvalue weighted by molar-refractivity contribution is -0.123. The highest BCUT2D eigenvalue weighted by atomic mass is 32.2. The van der Waals surface area contributed by atoms with Gasteiger partial charge >= 0.3 is 5.97 Å². The van der Waals surface area contributed by atoms with Gasteiger partial charge in [0.15, 0.2) is 0 Å². The third-order valence-electron chi connectivity index (χ3n) is 4.89. The van der Waals surface area contributed by atoms with Crippen molar-refractivity contribution in [3.05, 3.63) is 94.9 Å². The number of benzene rings is 3. The van der Waals surface area contributed by atoms with Crippen molar-refractivity contribution in [2.24, 2.45) is 0 Å². The van der Waals surface area contributed by atoms with Gasteiger partial charge in [-0.15, -0.1) is 0 Å². The zero-order valence-corrected chi connectivity index (χ0v) is 19.1. The number of nitrogens with zero attached hydrogens (tertiary/aromatic N) is 1. The quantitative estimate of drug-likeness (QED) is 0.257. The molecule has 3 aromatic rings.